The fourth-order valence-corrected chi connectivity index (χ4v) is 2.33. The van der Waals surface area contributed by atoms with Crippen molar-refractivity contribution in [1.29, 1.82) is 0 Å². The van der Waals surface area contributed by atoms with Crippen molar-refractivity contribution >= 4 is 37.8 Å². The van der Waals surface area contributed by atoms with E-state index in [4.69, 9.17) is 4.74 Å². The molecule has 0 aliphatic rings. The Kier molecular flexibility index (Phi) is 5.98. The number of methoxy groups -OCH3 is 1. The van der Waals surface area contributed by atoms with Crippen LogP contribution in [0.4, 0.5) is 0 Å². The molecule has 0 spiro atoms. The second-order valence-corrected chi connectivity index (χ2v) is 5.14. The minimum absolute atomic E-state index is 0.111. The van der Waals surface area contributed by atoms with Crippen LogP contribution in [0.15, 0.2) is 22.7 Å². The van der Waals surface area contributed by atoms with Gasteiger partial charge in [0.1, 0.15) is 5.75 Å². The molecule has 1 atom stereocenters. The molecule has 0 heterocycles. The number of alkyl halides is 1. The molecular formula is C12H15Br2NO2. The molecule has 1 unspecified atom stereocenters. The van der Waals surface area contributed by atoms with Crippen LogP contribution in [0.5, 0.6) is 5.75 Å². The second kappa shape index (κ2) is 7.01. The number of nitrogens with one attached hydrogen (secondary N) is 1. The highest BCUT2D eigenvalue weighted by Crippen LogP contribution is 2.23. The quantitative estimate of drug-likeness (QED) is 0.813. The van der Waals surface area contributed by atoms with Crippen LogP contribution >= 0.6 is 31.9 Å². The van der Waals surface area contributed by atoms with E-state index in [1.54, 1.807) is 19.2 Å². The Balaban J connectivity index is 2.88. The average Bonchev–Trinajstić information content (AvgIpc) is 2.35. The van der Waals surface area contributed by atoms with Gasteiger partial charge in [-0.3, -0.25) is 4.79 Å². The Labute approximate surface area is 118 Å². The summed E-state index contributed by atoms with van der Waals surface area (Å²) in [5.41, 5.74) is 0.551. The van der Waals surface area contributed by atoms with E-state index >= 15 is 0 Å². The van der Waals surface area contributed by atoms with E-state index in [9.17, 15) is 4.79 Å². The van der Waals surface area contributed by atoms with Gasteiger partial charge < -0.3 is 10.1 Å². The maximum atomic E-state index is 12.0. The van der Waals surface area contributed by atoms with E-state index < -0.39 is 0 Å². The molecule has 1 aromatic rings. The Morgan fingerprint density at radius 2 is 2.24 bits per heavy atom. The van der Waals surface area contributed by atoms with E-state index in [1.807, 2.05) is 13.0 Å². The lowest BCUT2D eigenvalue weighted by Crippen LogP contribution is -2.35. The number of hydrogen-bond donors (Lipinski definition) is 1. The molecule has 0 bridgehead atoms. The normalized spacial score (nSPS) is 12.0. The zero-order chi connectivity index (χ0) is 12.8. The Morgan fingerprint density at radius 1 is 1.53 bits per heavy atom. The first kappa shape index (κ1) is 14.5. The van der Waals surface area contributed by atoms with Gasteiger partial charge in [-0.2, -0.15) is 0 Å². The van der Waals surface area contributed by atoms with Crippen LogP contribution in [0.2, 0.25) is 0 Å². The van der Waals surface area contributed by atoms with Gasteiger partial charge in [-0.05, 0) is 24.6 Å². The van der Waals surface area contributed by atoms with E-state index in [0.717, 1.165) is 16.2 Å². The molecule has 0 aliphatic carbocycles. The van der Waals surface area contributed by atoms with Crippen LogP contribution in [0.3, 0.4) is 0 Å². The summed E-state index contributed by atoms with van der Waals surface area (Å²) in [5.74, 6) is 0.460. The van der Waals surface area contributed by atoms with Crippen molar-refractivity contribution in [3.8, 4) is 5.75 Å². The molecule has 1 rings (SSSR count). The topological polar surface area (TPSA) is 38.3 Å². The van der Waals surface area contributed by atoms with Crippen LogP contribution < -0.4 is 10.1 Å². The number of carbonyl (C=O) groups excluding carboxylic acids is 1. The molecule has 0 aliphatic heterocycles. The van der Waals surface area contributed by atoms with Crippen molar-refractivity contribution in [2.45, 2.75) is 19.4 Å². The van der Waals surface area contributed by atoms with E-state index in [-0.39, 0.29) is 11.9 Å². The predicted octanol–water partition coefficient (Wildman–Crippen LogP) is 3.36. The molecule has 0 saturated heterocycles. The summed E-state index contributed by atoms with van der Waals surface area (Å²) < 4.78 is 6.08. The first-order valence-corrected chi connectivity index (χ1v) is 7.24. The van der Waals surface area contributed by atoms with Gasteiger partial charge in [-0.15, -0.1) is 0 Å². The number of ether oxygens (including phenoxy) is 1. The predicted molar refractivity (Wildman–Crippen MR) is 76.0 cm³/mol. The summed E-state index contributed by atoms with van der Waals surface area (Å²) in [6.07, 6.45) is 0.885. The fraction of sp³-hybridized carbons (Fsp3) is 0.417. The van der Waals surface area contributed by atoms with Crippen molar-refractivity contribution in [2.75, 3.05) is 12.4 Å². The summed E-state index contributed by atoms with van der Waals surface area (Å²) in [7, 11) is 1.56. The first-order valence-electron chi connectivity index (χ1n) is 5.32. The highest BCUT2D eigenvalue weighted by molar-refractivity contribution is 9.10. The van der Waals surface area contributed by atoms with Gasteiger partial charge in [-0.25, -0.2) is 0 Å². The molecule has 1 N–H and O–H groups in total. The molecule has 0 radical (unpaired) electrons. The van der Waals surface area contributed by atoms with Crippen LogP contribution in [0, 0.1) is 0 Å². The first-order chi connectivity index (χ1) is 8.12. The Bertz CT molecular complexity index is 392. The second-order valence-electron chi connectivity index (χ2n) is 3.58. The van der Waals surface area contributed by atoms with Gasteiger partial charge in [-0.1, -0.05) is 38.8 Å². The van der Waals surface area contributed by atoms with Crippen molar-refractivity contribution in [3.05, 3.63) is 28.2 Å². The molecule has 94 valence electrons. The smallest absolute Gasteiger partial charge is 0.255 e. The highest BCUT2D eigenvalue weighted by Gasteiger charge is 2.15. The SMILES string of the molecule is CCC(CBr)NC(=O)c1ccc(Br)cc1OC. The summed E-state index contributed by atoms with van der Waals surface area (Å²) in [5, 5.41) is 3.69. The summed E-state index contributed by atoms with van der Waals surface area (Å²) in [6, 6.07) is 5.49. The van der Waals surface area contributed by atoms with E-state index in [1.165, 1.54) is 0 Å². The third kappa shape index (κ3) is 4.00. The van der Waals surface area contributed by atoms with Crippen LogP contribution in [-0.2, 0) is 0 Å². The highest BCUT2D eigenvalue weighted by atomic mass is 79.9. The molecule has 0 aromatic heterocycles. The lowest BCUT2D eigenvalue weighted by molar-refractivity contribution is 0.0937. The average molecular weight is 365 g/mol. The molecule has 5 heteroatoms. The number of hydrogen-bond acceptors (Lipinski definition) is 2. The number of rotatable bonds is 5. The van der Waals surface area contributed by atoms with Crippen LogP contribution in [-0.4, -0.2) is 24.4 Å². The lowest BCUT2D eigenvalue weighted by atomic mass is 10.1. The van der Waals surface area contributed by atoms with Crippen molar-refractivity contribution in [1.82, 2.24) is 5.32 Å². The molecule has 0 saturated carbocycles. The Hall–Kier alpha value is -0.550. The van der Waals surface area contributed by atoms with Gasteiger partial charge >= 0.3 is 0 Å². The van der Waals surface area contributed by atoms with Crippen LogP contribution in [0.25, 0.3) is 0 Å². The van der Waals surface area contributed by atoms with Gasteiger partial charge in [0.15, 0.2) is 0 Å². The number of halogens is 2. The third-order valence-electron chi connectivity index (χ3n) is 2.42. The number of carbonyl (C=O) groups is 1. The minimum Gasteiger partial charge on any atom is -0.496 e. The molecule has 1 aromatic carbocycles. The summed E-state index contributed by atoms with van der Waals surface area (Å²) in [4.78, 5) is 12.0. The van der Waals surface area contributed by atoms with Crippen LogP contribution in [0.1, 0.15) is 23.7 Å². The van der Waals surface area contributed by atoms with Gasteiger partial charge in [0, 0.05) is 15.8 Å². The summed E-state index contributed by atoms with van der Waals surface area (Å²) in [6.45, 7) is 2.03. The van der Waals surface area contributed by atoms with E-state index in [2.05, 4.69) is 37.2 Å². The van der Waals surface area contributed by atoms with Gasteiger partial charge in [0.2, 0.25) is 0 Å². The summed E-state index contributed by atoms with van der Waals surface area (Å²) >= 11 is 6.72. The van der Waals surface area contributed by atoms with Gasteiger partial charge in [0.05, 0.1) is 12.7 Å². The maximum absolute atomic E-state index is 12.0. The maximum Gasteiger partial charge on any atom is 0.255 e. The van der Waals surface area contributed by atoms with E-state index in [0.29, 0.717) is 11.3 Å². The molecule has 3 nitrogen and oxygen atoms in total. The molecule has 1 amide bonds. The standard InChI is InChI=1S/C12H15Br2NO2/c1-3-9(7-13)15-12(16)10-5-4-8(14)6-11(10)17-2/h4-6,9H,3,7H2,1-2H3,(H,15,16). The van der Waals surface area contributed by atoms with Gasteiger partial charge in [0.25, 0.3) is 5.91 Å². The third-order valence-corrected chi connectivity index (χ3v) is 3.70. The zero-order valence-corrected chi connectivity index (χ0v) is 13.0. The molecular weight excluding hydrogens is 350 g/mol. The van der Waals surface area contributed by atoms with Crippen molar-refractivity contribution in [2.24, 2.45) is 0 Å². The monoisotopic (exact) mass is 363 g/mol. The molecule has 17 heavy (non-hydrogen) atoms. The largest absolute Gasteiger partial charge is 0.496 e. The van der Waals surface area contributed by atoms with Crippen molar-refractivity contribution < 1.29 is 9.53 Å². The zero-order valence-electron chi connectivity index (χ0n) is 9.80. The fourth-order valence-electron chi connectivity index (χ4n) is 1.37. The Morgan fingerprint density at radius 3 is 2.76 bits per heavy atom. The number of benzene rings is 1. The molecule has 0 fully saturated rings. The lowest BCUT2D eigenvalue weighted by Gasteiger charge is -2.15. The van der Waals surface area contributed by atoms with Crippen molar-refractivity contribution in [3.63, 3.8) is 0 Å². The minimum atomic E-state index is -0.111. The number of amides is 1.